The molecular weight excluding hydrogens is 348 g/mol. The highest BCUT2D eigenvalue weighted by Gasteiger charge is 2.20. The number of hydrogen-bond acceptors (Lipinski definition) is 4. The molecule has 1 aliphatic rings. The van der Waals surface area contributed by atoms with Gasteiger partial charge >= 0.3 is 0 Å². The SMILES string of the molecule is CC1Cc2cc(Cn3cnc(-c4ccccc4)c3-c3cncnc3)ccc2O1. The Morgan fingerprint density at radius 3 is 2.68 bits per heavy atom. The van der Waals surface area contributed by atoms with Crippen molar-refractivity contribution < 1.29 is 4.74 Å². The first-order chi connectivity index (χ1) is 13.8. The van der Waals surface area contributed by atoms with Gasteiger partial charge in [-0.2, -0.15) is 0 Å². The number of aromatic nitrogens is 4. The fourth-order valence-corrected chi connectivity index (χ4v) is 3.80. The van der Waals surface area contributed by atoms with Crippen LogP contribution in [-0.4, -0.2) is 25.6 Å². The molecule has 0 bridgehead atoms. The van der Waals surface area contributed by atoms with Gasteiger partial charge in [0, 0.05) is 36.5 Å². The van der Waals surface area contributed by atoms with Crippen LogP contribution in [0.5, 0.6) is 5.75 Å². The van der Waals surface area contributed by atoms with Crippen molar-refractivity contribution in [2.24, 2.45) is 0 Å². The van der Waals surface area contributed by atoms with E-state index >= 15 is 0 Å². The number of nitrogens with zero attached hydrogens (tertiary/aromatic N) is 4. The van der Waals surface area contributed by atoms with Gasteiger partial charge in [0.25, 0.3) is 0 Å². The summed E-state index contributed by atoms with van der Waals surface area (Å²) in [5.74, 6) is 1.00. The van der Waals surface area contributed by atoms with E-state index in [1.165, 1.54) is 11.1 Å². The van der Waals surface area contributed by atoms with Crippen LogP contribution in [0.15, 0.2) is 73.6 Å². The lowest BCUT2D eigenvalue weighted by Crippen LogP contribution is -2.05. The number of imidazole rings is 1. The smallest absolute Gasteiger partial charge is 0.123 e. The number of benzene rings is 2. The van der Waals surface area contributed by atoms with Crippen LogP contribution in [-0.2, 0) is 13.0 Å². The summed E-state index contributed by atoms with van der Waals surface area (Å²) in [4.78, 5) is 13.1. The molecule has 2 aromatic carbocycles. The maximum Gasteiger partial charge on any atom is 0.123 e. The maximum absolute atomic E-state index is 5.83. The Labute approximate surface area is 163 Å². The molecule has 0 saturated carbocycles. The van der Waals surface area contributed by atoms with Gasteiger partial charge in [0.2, 0.25) is 0 Å². The summed E-state index contributed by atoms with van der Waals surface area (Å²) in [5.41, 5.74) is 6.50. The Hall–Kier alpha value is -3.47. The standard InChI is InChI=1S/C23H20N4O/c1-16-9-19-10-17(7-8-21(19)28-16)13-27-15-26-22(18-5-3-2-4-6-18)23(27)20-11-24-14-25-12-20/h2-8,10-12,14-16H,9,13H2,1H3. The molecule has 0 N–H and O–H groups in total. The van der Waals surface area contributed by atoms with Crippen molar-refractivity contribution in [1.82, 2.24) is 19.5 Å². The normalized spacial score (nSPS) is 15.2. The molecule has 4 aromatic rings. The molecule has 0 radical (unpaired) electrons. The molecule has 1 atom stereocenters. The lowest BCUT2D eigenvalue weighted by molar-refractivity contribution is 0.254. The van der Waals surface area contributed by atoms with Crippen molar-refractivity contribution in [3.05, 3.63) is 84.7 Å². The van der Waals surface area contributed by atoms with Crippen LogP contribution in [0.4, 0.5) is 0 Å². The minimum absolute atomic E-state index is 0.250. The number of rotatable bonds is 4. The molecule has 0 aliphatic carbocycles. The number of fused-ring (bicyclic) bond motifs is 1. The zero-order valence-corrected chi connectivity index (χ0v) is 15.6. The predicted molar refractivity (Wildman–Crippen MR) is 108 cm³/mol. The van der Waals surface area contributed by atoms with E-state index in [0.29, 0.717) is 0 Å². The highest BCUT2D eigenvalue weighted by molar-refractivity contribution is 5.77. The van der Waals surface area contributed by atoms with Gasteiger partial charge in [-0.3, -0.25) is 0 Å². The Kier molecular flexibility index (Phi) is 4.13. The summed E-state index contributed by atoms with van der Waals surface area (Å²) in [6, 6.07) is 16.7. The molecule has 0 amide bonds. The van der Waals surface area contributed by atoms with Crippen LogP contribution in [0.2, 0.25) is 0 Å². The van der Waals surface area contributed by atoms with E-state index in [4.69, 9.17) is 9.72 Å². The van der Waals surface area contributed by atoms with E-state index in [0.717, 1.165) is 41.2 Å². The van der Waals surface area contributed by atoms with E-state index in [-0.39, 0.29) is 6.10 Å². The molecule has 1 unspecified atom stereocenters. The second-order valence-electron chi connectivity index (χ2n) is 7.14. The van der Waals surface area contributed by atoms with Crippen LogP contribution < -0.4 is 4.74 Å². The Morgan fingerprint density at radius 1 is 1.04 bits per heavy atom. The van der Waals surface area contributed by atoms with Crippen LogP contribution in [0.25, 0.3) is 22.5 Å². The first kappa shape index (κ1) is 16.7. The highest BCUT2D eigenvalue weighted by Crippen LogP contribution is 2.33. The van der Waals surface area contributed by atoms with Gasteiger partial charge in [-0.25, -0.2) is 15.0 Å². The van der Waals surface area contributed by atoms with E-state index in [1.54, 1.807) is 6.33 Å². The van der Waals surface area contributed by atoms with Gasteiger partial charge in [-0.05, 0) is 24.1 Å². The van der Waals surface area contributed by atoms with Crippen molar-refractivity contribution in [2.75, 3.05) is 0 Å². The molecule has 0 saturated heterocycles. The molecule has 1 aliphatic heterocycles. The molecule has 0 spiro atoms. The molecule has 5 heteroatoms. The fourth-order valence-electron chi connectivity index (χ4n) is 3.80. The Balaban J connectivity index is 1.57. The molecule has 5 rings (SSSR count). The third-order valence-electron chi connectivity index (χ3n) is 5.03. The number of hydrogen-bond donors (Lipinski definition) is 0. The Bertz CT molecular complexity index is 1110. The summed E-state index contributed by atoms with van der Waals surface area (Å²) in [6.07, 6.45) is 8.34. The fraction of sp³-hybridized carbons (Fsp3) is 0.174. The molecule has 28 heavy (non-hydrogen) atoms. The van der Waals surface area contributed by atoms with Crippen molar-refractivity contribution in [3.63, 3.8) is 0 Å². The van der Waals surface area contributed by atoms with Crippen molar-refractivity contribution in [2.45, 2.75) is 26.0 Å². The Morgan fingerprint density at radius 2 is 1.86 bits per heavy atom. The van der Waals surface area contributed by atoms with Crippen LogP contribution in [0.1, 0.15) is 18.1 Å². The van der Waals surface area contributed by atoms with Crippen LogP contribution in [0.3, 0.4) is 0 Å². The average Bonchev–Trinajstić information content (AvgIpc) is 3.31. The highest BCUT2D eigenvalue weighted by atomic mass is 16.5. The van der Waals surface area contributed by atoms with Crippen molar-refractivity contribution in [3.8, 4) is 28.3 Å². The summed E-state index contributed by atoms with van der Waals surface area (Å²) in [6.45, 7) is 2.83. The van der Waals surface area contributed by atoms with Crippen molar-refractivity contribution >= 4 is 0 Å². The first-order valence-corrected chi connectivity index (χ1v) is 9.42. The summed E-state index contributed by atoms with van der Waals surface area (Å²) >= 11 is 0. The van der Waals surface area contributed by atoms with Crippen LogP contribution >= 0.6 is 0 Å². The molecule has 5 nitrogen and oxygen atoms in total. The monoisotopic (exact) mass is 368 g/mol. The average molecular weight is 368 g/mol. The third-order valence-corrected chi connectivity index (χ3v) is 5.03. The molecule has 3 heterocycles. The van der Waals surface area contributed by atoms with E-state index in [1.807, 2.05) is 36.9 Å². The topological polar surface area (TPSA) is 52.8 Å². The van der Waals surface area contributed by atoms with Gasteiger partial charge in [0.1, 0.15) is 18.2 Å². The minimum Gasteiger partial charge on any atom is -0.490 e. The zero-order chi connectivity index (χ0) is 18.9. The third kappa shape index (κ3) is 3.05. The summed E-state index contributed by atoms with van der Waals surface area (Å²) in [5, 5.41) is 0. The van der Waals surface area contributed by atoms with Crippen LogP contribution in [0, 0.1) is 0 Å². The molecule has 138 valence electrons. The first-order valence-electron chi connectivity index (χ1n) is 9.42. The van der Waals surface area contributed by atoms with Gasteiger partial charge in [0.15, 0.2) is 0 Å². The van der Waals surface area contributed by atoms with Gasteiger partial charge in [-0.15, -0.1) is 0 Å². The molecule has 2 aromatic heterocycles. The van der Waals surface area contributed by atoms with E-state index < -0.39 is 0 Å². The van der Waals surface area contributed by atoms with E-state index in [2.05, 4.69) is 51.8 Å². The summed E-state index contributed by atoms with van der Waals surface area (Å²) in [7, 11) is 0. The van der Waals surface area contributed by atoms with Gasteiger partial charge in [-0.1, -0.05) is 42.5 Å². The quantitative estimate of drug-likeness (QED) is 0.536. The number of ether oxygens (including phenoxy) is 1. The second-order valence-corrected chi connectivity index (χ2v) is 7.14. The lowest BCUT2D eigenvalue weighted by Gasteiger charge is -2.11. The predicted octanol–water partition coefficient (Wildman–Crippen LogP) is 4.38. The zero-order valence-electron chi connectivity index (χ0n) is 15.6. The largest absolute Gasteiger partial charge is 0.490 e. The van der Waals surface area contributed by atoms with Crippen molar-refractivity contribution in [1.29, 1.82) is 0 Å². The van der Waals surface area contributed by atoms with E-state index in [9.17, 15) is 0 Å². The molecular formula is C23H20N4O. The second kappa shape index (κ2) is 6.93. The maximum atomic E-state index is 5.83. The van der Waals surface area contributed by atoms with Gasteiger partial charge in [0.05, 0.1) is 17.7 Å². The molecule has 0 fully saturated rings. The summed E-state index contributed by atoms with van der Waals surface area (Å²) < 4.78 is 8.00. The minimum atomic E-state index is 0.250. The van der Waals surface area contributed by atoms with Gasteiger partial charge < -0.3 is 9.30 Å². The lowest BCUT2D eigenvalue weighted by atomic mass is 10.1.